The molecule has 6 heteroatoms. The second kappa shape index (κ2) is 5.50. The van der Waals surface area contributed by atoms with Crippen LogP contribution in [0.3, 0.4) is 0 Å². The Morgan fingerprint density at radius 1 is 1.44 bits per heavy atom. The third kappa shape index (κ3) is 4.37. The molecule has 0 aliphatic heterocycles. The van der Waals surface area contributed by atoms with E-state index in [2.05, 4.69) is 5.32 Å². The lowest BCUT2D eigenvalue weighted by Gasteiger charge is -2.08. The van der Waals surface area contributed by atoms with Gasteiger partial charge in [-0.2, -0.15) is 0 Å². The summed E-state index contributed by atoms with van der Waals surface area (Å²) in [5.41, 5.74) is 0.220. The van der Waals surface area contributed by atoms with E-state index in [-0.39, 0.29) is 11.4 Å². The molecule has 1 aromatic carbocycles. The maximum Gasteiger partial charge on any atom is 0.147 e. The van der Waals surface area contributed by atoms with E-state index in [1.165, 1.54) is 18.4 Å². The van der Waals surface area contributed by atoms with E-state index in [0.717, 1.165) is 0 Å². The summed E-state index contributed by atoms with van der Waals surface area (Å²) in [7, 11) is -2.97. The van der Waals surface area contributed by atoms with E-state index in [4.69, 9.17) is 11.6 Å². The van der Waals surface area contributed by atoms with Gasteiger partial charge in [0.2, 0.25) is 0 Å². The molecule has 1 N–H and O–H groups in total. The van der Waals surface area contributed by atoms with Gasteiger partial charge in [-0.1, -0.05) is 17.7 Å². The van der Waals surface area contributed by atoms with Crippen LogP contribution in [0.15, 0.2) is 18.2 Å². The Kier molecular flexibility index (Phi) is 4.56. The molecule has 0 radical (unpaired) electrons. The van der Waals surface area contributed by atoms with Crippen molar-refractivity contribution in [3.05, 3.63) is 29.0 Å². The van der Waals surface area contributed by atoms with Gasteiger partial charge in [0.05, 0.1) is 16.5 Å². The number of anilines is 1. The zero-order chi connectivity index (χ0) is 12.2. The average molecular weight is 266 g/mol. The second-order valence-corrected chi connectivity index (χ2v) is 6.17. The van der Waals surface area contributed by atoms with Crippen LogP contribution in [0.25, 0.3) is 0 Å². The van der Waals surface area contributed by atoms with Crippen LogP contribution in [0.2, 0.25) is 5.02 Å². The van der Waals surface area contributed by atoms with Crippen LogP contribution in [0, 0.1) is 5.82 Å². The predicted octanol–water partition coefficient (Wildman–Crippen LogP) is 2.33. The SMILES string of the molecule is CS(=O)(=O)CCCNc1c(F)cccc1Cl. The fourth-order valence-corrected chi connectivity index (χ4v) is 2.11. The number of sulfone groups is 1. The monoisotopic (exact) mass is 265 g/mol. The molecule has 0 aromatic heterocycles. The summed E-state index contributed by atoms with van der Waals surface area (Å²) in [6.07, 6.45) is 1.59. The number of nitrogens with one attached hydrogen (secondary N) is 1. The molecule has 0 bridgehead atoms. The minimum atomic E-state index is -2.97. The first-order chi connectivity index (χ1) is 7.40. The maximum absolute atomic E-state index is 13.2. The molecule has 0 fully saturated rings. The van der Waals surface area contributed by atoms with Crippen molar-refractivity contribution in [3.63, 3.8) is 0 Å². The Morgan fingerprint density at radius 3 is 2.69 bits per heavy atom. The van der Waals surface area contributed by atoms with Crippen LogP contribution in [0.5, 0.6) is 0 Å². The van der Waals surface area contributed by atoms with Crippen LogP contribution >= 0.6 is 11.6 Å². The highest BCUT2D eigenvalue weighted by atomic mass is 35.5. The predicted molar refractivity (Wildman–Crippen MR) is 64.2 cm³/mol. The Bertz CT molecular complexity index is 442. The first kappa shape index (κ1) is 13.3. The summed E-state index contributed by atoms with van der Waals surface area (Å²) in [5.74, 6) is -0.363. The van der Waals surface area contributed by atoms with Crippen LogP contribution in [0.4, 0.5) is 10.1 Å². The van der Waals surface area contributed by atoms with E-state index < -0.39 is 15.7 Å². The summed E-state index contributed by atoms with van der Waals surface area (Å²) in [5, 5.41) is 3.07. The number of rotatable bonds is 5. The lowest BCUT2D eigenvalue weighted by atomic mass is 10.3. The van der Waals surface area contributed by atoms with Gasteiger partial charge in [-0.05, 0) is 18.6 Å². The van der Waals surface area contributed by atoms with Gasteiger partial charge in [0.1, 0.15) is 15.7 Å². The summed E-state index contributed by atoms with van der Waals surface area (Å²) < 4.78 is 34.9. The van der Waals surface area contributed by atoms with Crippen molar-refractivity contribution in [2.45, 2.75) is 6.42 Å². The largest absolute Gasteiger partial charge is 0.381 e. The van der Waals surface area contributed by atoms with E-state index in [0.29, 0.717) is 18.0 Å². The molecule has 1 aromatic rings. The molecular formula is C10H13ClFNO2S. The van der Waals surface area contributed by atoms with E-state index in [1.54, 1.807) is 6.07 Å². The number of halogens is 2. The third-order valence-corrected chi connectivity index (χ3v) is 3.30. The first-order valence-electron chi connectivity index (χ1n) is 4.76. The first-order valence-corrected chi connectivity index (χ1v) is 7.19. The van der Waals surface area contributed by atoms with Crippen molar-refractivity contribution < 1.29 is 12.8 Å². The van der Waals surface area contributed by atoms with Crippen LogP contribution in [-0.2, 0) is 9.84 Å². The van der Waals surface area contributed by atoms with E-state index in [1.807, 2.05) is 0 Å². The zero-order valence-corrected chi connectivity index (χ0v) is 10.4. The number of benzene rings is 1. The van der Waals surface area contributed by atoms with Crippen molar-refractivity contribution in [1.82, 2.24) is 0 Å². The molecule has 0 unspecified atom stereocenters. The third-order valence-electron chi connectivity index (χ3n) is 1.96. The highest BCUT2D eigenvalue weighted by molar-refractivity contribution is 7.90. The van der Waals surface area contributed by atoms with E-state index >= 15 is 0 Å². The summed E-state index contributed by atoms with van der Waals surface area (Å²) in [4.78, 5) is 0. The van der Waals surface area contributed by atoms with Crippen molar-refractivity contribution in [1.29, 1.82) is 0 Å². The van der Waals surface area contributed by atoms with E-state index in [9.17, 15) is 12.8 Å². The molecule has 0 atom stereocenters. The Labute approximate surface area is 99.5 Å². The fourth-order valence-electron chi connectivity index (χ4n) is 1.21. The smallest absolute Gasteiger partial charge is 0.147 e. The second-order valence-electron chi connectivity index (χ2n) is 3.51. The quantitative estimate of drug-likeness (QED) is 0.831. The molecule has 3 nitrogen and oxygen atoms in total. The molecule has 0 aliphatic rings. The minimum Gasteiger partial charge on any atom is -0.381 e. The topological polar surface area (TPSA) is 46.2 Å². The lowest BCUT2D eigenvalue weighted by Crippen LogP contribution is -2.10. The Hall–Kier alpha value is -0.810. The van der Waals surface area contributed by atoms with Gasteiger partial charge in [-0.25, -0.2) is 12.8 Å². The minimum absolute atomic E-state index is 0.0755. The number of para-hydroxylation sites is 1. The fraction of sp³-hybridized carbons (Fsp3) is 0.400. The van der Waals surface area contributed by atoms with Crippen molar-refractivity contribution in [3.8, 4) is 0 Å². The van der Waals surface area contributed by atoms with Crippen molar-refractivity contribution >= 4 is 27.1 Å². The van der Waals surface area contributed by atoms with Gasteiger partial charge in [0, 0.05) is 12.8 Å². The van der Waals surface area contributed by atoms with Crippen molar-refractivity contribution in [2.75, 3.05) is 23.9 Å². The van der Waals surface area contributed by atoms with Gasteiger partial charge in [-0.15, -0.1) is 0 Å². The van der Waals surface area contributed by atoms with Crippen LogP contribution in [-0.4, -0.2) is 27.0 Å². The molecule has 0 saturated heterocycles. The van der Waals surface area contributed by atoms with Gasteiger partial charge >= 0.3 is 0 Å². The Balaban J connectivity index is 2.49. The summed E-state index contributed by atoms with van der Waals surface area (Å²) in [6, 6.07) is 4.38. The zero-order valence-electron chi connectivity index (χ0n) is 8.83. The summed E-state index contributed by atoms with van der Waals surface area (Å²) in [6.45, 7) is 0.369. The molecule has 0 amide bonds. The number of hydrogen-bond donors (Lipinski definition) is 1. The van der Waals surface area contributed by atoms with Crippen LogP contribution < -0.4 is 5.32 Å². The molecular weight excluding hydrogens is 253 g/mol. The van der Waals surface area contributed by atoms with Crippen LogP contribution in [0.1, 0.15) is 6.42 Å². The highest BCUT2D eigenvalue weighted by Gasteiger charge is 2.06. The van der Waals surface area contributed by atoms with Gasteiger partial charge in [0.25, 0.3) is 0 Å². The molecule has 0 aliphatic carbocycles. The Morgan fingerprint density at radius 2 is 2.12 bits per heavy atom. The maximum atomic E-state index is 13.2. The van der Waals surface area contributed by atoms with Gasteiger partial charge in [0.15, 0.2) is 0 Å². The molecule has 90 valence electrons. The molecule has 16 heavy (non-hydrogen) atoms. The average Bonchev–Trinajstić information content (AvgIpc) is 2.14. The molecule has 1 rings (SSSR count). The highest BCUT2D eigenvalue weighted by Crippen LogP contribution is 2.24. The standard InChI is InChI=1S/C10H13ClFNO2S/c1-16(14,15)7-3-6-13-10-8(11)4-2-5-9(10)12/h2,4-5,13H,3,6-7H2,1H3. The lowest BCUT2D eigenvalue weighted by molar-refractivity contribution is 0.600. The summed E-state index contributed by atoms with van der Waals surface area (Å²) >= 11 is 5.78. The van der Waals surface area contributed by atoms with Crippen molar-refractivity contribution in [2.24, 2.45) is 0 Å². The number of hydrogen-bond acceptors (Lipinski definition) is 3. The molecule has 0 heterocycles. The van der Waals surface area contributed by atoms with Gasteiger partial charge in [-0.3, -0.25) is 0 Å². The normalized spacial score (nSPS) is 11.4. The van der Waals surface area contributed by atoms with Gasteiger partial charge < -0.3 is 5.32 Å². The molecule has 0 saturated carbocycles. The molecule has 0 spiro atoms.